The van der Waals surface area contributed by atoms with Crippen LogP contribution in [-0.2, 0) is 39.3 Å². The van der Waals surface area contributed by atoms with Crippen LogP contribution in [0.2, 0.25) is 0 Å². The van der Waals surface area contributed by atoms with Crippen molar-refractivity contribution in [3.63, 3.8) is 0 Å². The number of imidazole rings is 4. The maximum Gasteiger partial charge on any atom is 0.254 e. The number of nitrogens with zero attached hydrogens (tertiary/aromatic N) is 16. The Morgan fingerprint density at radius 3 is 1.28 bits per heavy atom. The minimum absolute atomic E-state index is 0.00636. The molecule has 0 aliphatic heterocycles. The zero-order valence-electron chi connectivity index (χ0n) is 68.2. The van der Waals surface area contributed by atoms with Crippen molar-refractivity contribution in [2.24, 2.45) is 11.8 Å². The van der Waals surface area contributed by atoms with Gasteiger partial charge in [0.1, 0.15) is 51.1 Å². The number of hydrogen-bond acceptors (Lipinski definition) is 13. The van der Waals surface area contributed by atoms with Gasteiger partial charge in [-0.2, -0.15) is 0 Å². The third-order valence-corrected chi connectivity index (χ3v) is 22.4. The van der Waals surface area contributed by atoms with Crippen LogP contribution in [0.4, 0.5) is 0 Å². The molecule has 14 rings (SSSR count). The number of unbranched alkanes of at least 4 members (excludes halogenated alkanes) is 3. The van der Waals surface area contributed by atoms with E-state index in [-0.39, 0.29) is 23.6 Å². The summed E-state index contributed by atoms with van der Waals surface area (Å²) in [6.45, 7) is 26.2. The van der Waals surface area contributed by atoms with Gasteiger partial charge in [0, 0.05) is 111 Å². The summed E-state index contributed by atoms with van der Waals surface area (Å²) in [5.41, 5.74) is 10.0. The molecule has 0 unspecified atom stereocenters. The molecule has 606 valence electrons. The van der Waals surface area contributed by atoms with Gasteiger partial charge in [-0.05, 0) is 232 Å². The van der Waals surface area contributed by atoms with E-state index in [0.717, 1.165) is 169 Å². The minimum atomic E-state index is 0.00636. The first-order valence-corrected chi connectivity index (χ1v) is 43.9. The van der Waals surface area contributed by atoms with E-state index in [9.17, 15) is 19.2 Å². The molecule has 0 bridgehead atoms. The number of carbonyl (C=O) groups excluding carboxylic acids is 4. The minimum Gasteiger partial charge on any atom is -0.494 e. The molecule has 2 saturated carbocycles. The third kappa shape index (κ3) is 23.1. The van der Waals surface area contributed by atoms with Crippen LogP contribution < -0.4 is 4.74 Å². The van der Waals surface area contributed by atoms with E-state index in [4.69, 9.17) is 24.7 Å². The van der Waals surface area contributed by atoms with Gasteiger partial charge in [-0.15, -0.1) is 0 Å². The van der Waals surface area contributed by atoms with Gasteiger partial charge in [0.15, 0.2) is 22.6 Å². The summed E-state index contributed by atoms with van der Waals surface area (Å²) >= 11 is 9.12. The number of aromatic nitrogens is 12. The second kappa shape index (κ2) is 43.1. The van der Waals surface area contributed by atoms with E-state index in [1.807, 2.05) is 185 Å². The van der Waals surface area contributed by atoms with Crippen molar-refractivity contribution in [3.05, 3.63) is 228 Å². The van der Waals surface area contributed by atoms with Crippen LogP contribution in [0.25, 0.3) is 44.7 Å². The van der Waals surface area contributed by atoms with Gasteiger partial charge in [-0.1, -0.05) is 138 Å². The summed E-state index contributed by atoms with van der Waals surface area (Å²) in [6, 6.07) is 46.9. The van der Waals surface area contributed by atoms with E-state index in [0.29, 0.717) is 93.0 Å². The van der Waals surface area contributed by atoms with Gasteiger partial charge < -0.3 is 42.6 Å². The van der Waals surface area contributed by atoms with Gasteiger partial charge in [0.2, 0.25) is 0 Å². The molecule has 2 aliphatic rings. The average Bonchev–Trinajstić information content (AvgIpc) is 1.64. The first kappa shape index (κ1) is 86.6. The molecule has 0 radical (unpaired) electrons. The summed E-state index contributed by atoms with van der Waals surface area (Å²) < 4.78 is 17.7. The maximum atomic E-state index is 13.5. The molecular weight excluding hydrogens is 1680 g/mol. The van der Waals surface area contributed by atoms with Crippen molar-refractivity contribution >= 4 is 123 Å². The summed E-state index contributed by atoms with van der Waals surface area (Å²) in [7, 11) is 0. The molecule has 4 aromatic carbocycles. The lowest BCUT2D eigenvalue weighted by Crippen LogP contribution is -2.35. The highest BCUT2D eigenvalue weighted by molar-refractivity contribution is 14.1. The van der Waals surface area contributed by atoms with Gasteiger partial charge in [0.25, 0.3) is 23.6 Å². The zero-order valence-corrected chi connectivity index (χ0v) is 73.5. The lowest BCUT2D eigenvalue weighted by atomic mass is 10.1. The van der Waals surface area contributed by atoms with Crippen LogP contribution >= 0.6 is 54.5 Å². The Balaban J connectivity index is 0.000000152. The van der Waals surface area contributed by atoms with Gasteiger partial charge >= 0.3 is 0 Å². The molecular formula is C91H111Br2IN16O5. The summed E-state index contributed by atoms with van der Waals surface area (Å²) in [6.07, 6.45) is 24.2. The summed E-state index contributed by atoms with van der Waals surface area (Å²) in [4.78, 5) is 98.0. The molecule has 0 N–H and O–H groups in total. The quantitative estimate of drug-likeness (QED) is 0.0292. The van der Waals surface area contributed by atoms with Crippen LogP contribution in [0.1, 0.15) is 235 Å². The molecule has 2 aliphatic carbocycles. The first-order valence-electron chi connectivity index (χ1n) is 41.3. The van der Waals surface area contributed by atoms with Crippen molar-refractivity contribution in [1.29, 1.82) is 0 Å². The summed E-state index contributed by atoms with van der Waals surface area (Å²) in [5.74, 6) is 5.37. The van der Waals surface area contributed by atoms with Crippen molar-refractivity contribution in [1.82, 2.24) is 77.7 Å². The number of carbonyl (C=O) groups is 4. The Morgan fingerprint density at radius 1 is 0.435 bits per heavy atom. The normalized spacial score (nSPS) is 12.9. The molecule has 0 atom stereocenters. The van der Waals surface area contributed by atoms with E-state index in [1.54, 1.807) is 12.4 Å². The maximum absolute atomic E-state index is 13.5. The van der Waals surface area contributed by atoms with Crippen LogP contribution in [0.5, 0.6) is 5.75 Å². The monoisotopic (exact) mass is 1790 g/mol. The zero-order chi connectivity index (χ0) is 81.3. The molecule has 4 amide bonds. The highest BCUT2D eigenvalue weighted by atomic mass is 127. The van der Waals surface area contributed by atoms with E-state index < -0.39 is 0 Å². The van der Waals surface area contributed by atoms with Crippen molar-refractivity contribution in [3.8, 4) is 5.75 Å². The van der Waals surface area contributed by atoms with Crippen LogP contribution in [0, 0.1) is 15.4 Å². The highest BCUT2D eigenvalue weighted by Gasteiger charge is 2.30. The van der Waals surface area contributed by atoms with Crippen molar-refractivity contribution < 1.29 is 23.9 Å². The largest absolute Gasteiger partial charge is 0.494 e. The summed E-state index contributed by atoms with van der Waals surface area (Å²) in [5, 5.41) is 0. The second-order valence-corrected chi connectivity index (χ2v) is 33.7. The number of fused-ring (bicyclic) bond motifs is 4. The van der Waals surface area contributed by atoms with E-state index in [2.05, 4.69) is 148 Å². The molecule has 21 nitrogen and oxygen atoms in total. The predicted molar refractivity (Wildman–Crippen MR) is 474 cm³/mol. The van der Waals surface area contributed by atoms with Crippen molar-refractivity contribution in [2.45, 2.75) is 210 Å². The molecule has 12 aromatic rings. The van der Waals surface area contributed by atoms with Crippen LogP contribution in [-0.4, -0.2) is 134 Å². The topological polar surface area (TPSA) is 213 Å². The Labute approximate surface area is 707 Å². The Bertz CT molecular complexity index is 5130. The van der Waals surface area contributed by atoms with Gasteiger partial charge in [-0.25, -0.2) is 39.9 Å². The average molecular weight is 1800 g/mol. The van der Waals surface area contributed by atoms with Gasteiger partial charge in [-0.3, -0.25) is 19.2 Å². The lowest BCUT2D eigenvalue weighted by molar-refractivity contribution is 0.0709. The number of rotatable bonds is 31. The molecule has 8 aromatic heterocycles. The number of ether oxygens (including phenoxy) is 1. The Hall–Kier alpha value is -9.27. The van der Waals surface area contributed by atoms with Crippen molar-refractivity contribution in [2.75, 3.05) is 32.8 Å². The Kier molecular flexibility index (Phi) is 32.4. The highest BCUT2D eigenvalue weighted by Crippen LogP contribution is 2.36. The number of halogens is 3. The third-order valence-electron chi connectivity index (χ3n) is 20.7. The fraction of sp³-hybridized carbons (Fsp3) is 0.429. The predicted octanol–water partition coefficient (Wildman–Crippen LogP) is 21.2. The van der Waals surface area contributed by atoms with Gasteiger partial charge in [0.05, 0.1) is 32.8 Å². The fourth-order valence-electron chi connectivity index (χ4n) is 15.1. The standard InChI is InChI=1S/C28H38N4O2.C23H27IN4O.C21H25BrN4O.C19H21BrN4O/c1-3-5-9-20-34-24-16-14-22(15-17-24)28(33)31(19-6-4-2)21-26-30-25-13-10-18-29-27(25)32(26)23-11-7-8-12-23;1-16(2)14-27(23(29)17-9-11-18(24)12-10-17)15-21-26-20-8-5-13-25-22(20)28(21)19-6-3-4-7-19;1-4-12-26-19(24-18-6-5-11-23-20(18)26)14-25(13-15(2)3)21(27)16-7-9-17(22)10-8-16;1-3-11-24-17(22-16-9-6-10-21-18(16)24)13-23(4-2)19(25)14-7-5-8-15(20)12-14/h10,13-18,23H,3-9,11-12,19-21H2,1-2H3;5,8-13,16,19H,3-4,6-7,14-15H2,1-2H3;5-11,15H,4,12-14H2,1-3H3;5-10,12H,3-4,11,13H2,1-2H3. The molecule has 8 heterocycles. The van der Waals surface area contributed by atoms with Crippen LogP contribution in [0.15, 0.2) is 179 Å². The number of hydrogen-bond donors (Lipinski definition) is 0. The molecule has 24 heteroatoms. The smallest absolute Gasteiger partial charge is 0.254 e. The van der Waals surface area contributed by atoms with E-state index in [1.165, 1.54) is 38.5 Å². The first-order chi connectivity index (χ1) is 55.9. The van der Waals surface area contributed by atoms with E-state index >= 15 is 0 Å². The number of pyridine rings is 4. The second-order valence-electron chi connectivity index (χ2n) is 30.6. The van der Waals surface area contributed by atoms with Crippen LogP contribution in [0.3, 0.4) is 0 Å². The molecule has 0 spiro atoms. The number of benzene rings is 4. The fourth-order valence-corrected chi connectivity index (χ4v) is 16.2. The molecule has 0 saturated heterocycles. The lowest BCUT2D eigenvalue weighted by Gasteiger charge is -2.26. The SMILES string of the molecule is CC(C)CN(Cc1nc2cccnc2n1C1CCCC1)C(=O)c1ccc(I)cc1.CCCCCOc1ccc(C(=O)N(CCCC)Cc2nc3cccnc3n2C2CCCC2)cc1.CCCn1c(CN(CC(C)C)C(=O)c2ccc(Br)cc2)nc2cccnc21.CCCn1c(CN(CC)C(=O)c2cccc(Br)c2)nc2cccnc21. The molecule has 115 heavy (non-hydrogen) atoms. The number of amides is 4. The molecule has 2 fully saturated rings. The Morgan fingerprint density at radius 2 is 0.835 bits per heavy atom. The number of aryl methyl sites for hydroxylation is 2.